The van der Waals surface area contributed by atoms with Gasteiger partial charge in [0.15, 0.2) is 34.8 Å². The van der Waals surface area contributed by atoms with Crippen LogP contribution in [0, 0.1) is 30.2 Å². The van der Waals surface area contributed by atoms with E-state index in [1.165, 1.54) is 6.08 Å². The molecule has 1 aliphatic rings. The van der Waals surface area contributed by atoms with Gasteiger partial charge >= 0.3 is 0 Å². The molecule has 0 bridgehead atoms. The van der Waals surface area contributed by atoms with Crippen molar-refractivity contribution in [3.63, 3.8) is 0 Å². The molecule has 0 saturated heterocycles. The molecule has 3 rings (SSSR count). The van der Waals surface area contributed by atoms with E-state index in [-0.39, 0.29) is 12.5 Å². The Balaban J connectivity index is 1.79. The second-order valence-corrected chi connectivity index (χ2v) is 5.35. The van der Waals surface area contributed by atoms with Crippen LogP contribution in [-0.2, 0) is 0 Å². The van der Waals surface area contributed by atoms with Gasteiger partial charge in [0.05, 0.1) is 0 Å². The third-order valence-electron chi connectivity index (χ3n) is 3.64. The predicted molar refractivity (Wildman–Crippen MR) is 85.4 cm³/mol. The second-order valence-electron chi connectivity index (χ2n) is 5.35. The molecule has 0 atom stereocenters. The molecule has 1 aliphatic heterocycles. The highest BCUT2D eigenvalue weighted by Crippen LogP contribution is 2.33. The quantitative estimate of drug-likeness (QED) is 0.482. The van der Waals surface area contributed by atoms with Gasteiger partial charge < -0.3 is 14.8 Å². The molecule has 0 unspecified atom stereocenters. The molecule has 0 aliphatic carbocycles. The SMILES string of the molecule is C=C(/C=C/c1ccc2c(c1)OCO2)Nc1c(F)c(F)c(C)c(F)c1F. The van der Waals surface area contributed by atoms with Gasteiger partial charge in [0.25, 0.3) is 0 Å². The molecule has 3 nitrogen and oxygen atoms in total. The molecule has 1 N–H and O–H groups in total. The van der Waals surface area contributed by atoms with Gasteiger partial charge in [0.1, 0.15) is 5.69 Å². The first kappa shape index (κ1) is 16.9. The number of nitrogens with one attached hydrogen (secondary N) is 1. The number of halogens is 4. The minimum Gasteiger partial charge on any atom is -0.454 e. The van der Waals surface area contributed by atoms with Crippen molar-refractivity contribution in [3.8, 4) is 11.5 Å². The van der Waals surface area contributed by atoms with Gasteiger partial charge in [-0.25, -0.2) is 17.6 Å². The second kappa shape index (κ2) is 6.51. The summed E-state index contributed by atoms with van der Waals surface area (Å²) in [5, 5.41) is 2.24. The molecule has 25 heavy (non-hydrogen) atoms. The number of anilines is 1. The minimum absolute atomic E-state index is 0.0399. The minimum atomic E-state index is -1.51. The molecule has 0 spiro atoms. The molecule has 7 heteroatoms. The van der Waals surface area contributed by atoms with Crippen LogP contribution < -0.4 is 14.8 Å². The molecule has 130 valence electrons. The van der Waals surface area contributed by atoms with Crippen LogP contribution in [0.1, 0.15) is 11.1 Å². The van der Waals surface area contributed by atoms with Crippen molar-refractivity contribution in [2.75, 3.05) is 12.1 Å². The third-order valence-corrected chi connectivity index (χ3v) is 3.64. The molecular weight excluding hydrogens is 338 g/mol. The van der Waals surface area contributed by atoms with Crippen molar-refractivity contribution in [2.24, 2.45) is 0 Å². The van der Waals surface area contributed by atoms with E-state index in [9.17, 15) is 17.6 Å². The Morgan fingerprint density at radius 1 is 1.04 bits per heavy atom. The lowest BCUT2D eigenvalue weighted by Gasteiger charge is -2.11. The number of allylic oxidation sites excluding steroid dienone is 1. The number of hydrogen-bond donors (Lipinski definition) is 1. The van der Waals surface area contributed by atoms with E-state index in [1.54, 1.807) is 24.3 Å². The lowest BCUT2D eigenvalue weighted by Crippen LogP contribution is -2.07. The fourth-order valence-corrected chi connectivity index (χ4v) is 2.27. The van der Waals surface area contributed by atoms with E-state index < -0.39 is 34.5 Å². The summed E-state index contributed by atoms with van der Waals surface area (Å²) >= 11 is 0. The Kier molecular flexibility index (Phi) is 4.39. The van der Waals surface area contributed by atoms with Crippen molar-refractivity contribution in [3.05, 3.63) is 70.9 Å². The number of rotatable bonds is 4. The summed E-state index contributed by atoms with van der Waals surface area (Å²) in [7, 11) is 0. The van der Waals surface area contributed by atoms with Crippen LogP contribution in [0.3, 0.4) is 0 Å². The van der Waals surface area contributed by atoms with Crippen LogP contribution in [-0.4, -0.2) is 6.79 Å². The molecule has 1 heterocycles. The molecular formula is C18H13F4NO2. The van der Waals surface area contributed by atoms with Gasteiger partial charge in [0.2, 0.25) is 6.79 Å². The predicted octanol–water partition coefficient (Wildman–Crippen LogP) is 4.92. The molecule has 0 radical (unpaired) electrons. The lowest BCUT2D eigenvalue weighted by atomic mass is 10.1. The van der Waals surface area contributed by atoms with Gasteiger partial charge in [-0.15, -0.1) is 0 Å². The molecule has 2 aromatic carbocycles. The third kappa shape index (κ3) is 3.17. The molecule has 2 aromatic rings. The Morgan fingerprint density at radius 3 is 2.36 bits per heavy atom. The average Bonchev–Trinajstić information content (AvgIpc) is 3.08. The molecule has 0 amide bonds. The van der Waals surface area contributed by atoms with E-state index in [0.717, 1.165) is 12.5 Å². The summed E-state index contributed by atoms with van der Waals surface area (Å²) in [4.78, 5) is 0. The van der Waals surface area contributed by atoms with E-state index >= 15 is 0 Å². The highest BCUT2D eigenvalue weighted by atomic mass is 19.2. The van der Waals surface area contributed by atoms with Crippen LogP contribution in [0.2, 0.25) is 0 Å². The first-order valence-electron chi connectivity index (χ1n) is 7.24. The molecule has 0 fully saturated rings. The summed E-state index contributed by atoms with van der Waals surface area (Å²) in [6, 6.07) is 5.16. The highest BCUT2D eigenvalue weighted by Gasteiger charge is 2.23. The Hall–Kier alpha value is -2.96. The molecule has 0 aromatic heterocycles. The van der Waals surface area contributed by atoms with Gasteiger partial charge in [-0.2, -0.15) is 0 Å². The normalized spacial score (nSPS) is 12.7. The maximum absolute atomic E-state index is 13.8. The van der Waals surface area contributed by atoms with Crippen LogP contribution >= 0.6 is 0 Å². The Bertz CT molecular complexity index is 864. The monoisotopic (exact) mass is 351 g/mol. The zero-order valence-electron chi connectivity index (χ0n) is 13.1. The first-order chi connectivity index (χ1) is 11.9. The fourth-order valence-electron chi connectivity index (χ4n) is 2.27. The first-order valence-corrected chi connectivity index (χ1v) is 7.24. The summed E-state index contributed by atoms with van der Waals surface area (Å²) in [6.07, 6.45) is 3.00. The maximum atomic E-state index is 13.8. The van der Waals surface area contributed by atoms with E-state index in [0.29, 0.717) is 11.5 Å². The maximum Gasteiger partial charge on any atom is 0.231 e. The Labute approximate surface area is 141 Å². The zero-order chi connectivity index (χ0) is 18.1. The smallest absolute Gasteiger partial charge is 0.231 e. The van der Waals surface area contributed by atoms with E-state index in [2.05, 4.69) is 11.9 Å². The fraction of sp³-hybridized carbons (Fsp3) is 0.111. The number of hydrogen-bond acceptors (Lipinski definition) is 3. The summed E-state index contributed by atoms with van der Waals surface area (Å²) < 4.78 is 65.2. The molecule has 0 saturated carbocycles. The number of ether oxygens (including phenoxy) is 2. The topological polar surface area (TPSA) is 30.5 Å². The summed E-state index contributed by atoms with van der Waals surface area (Å²) in [5.41, 5.74) is -0.893. The van der Waals surface area contributed by atoms with E-state index in [1.807, 2.05) is 0 Å². The highest BCUT2D eigenvalue weighted by molar-refractivity contribution is 5.61. The average molecular weight is 351 g/mol. The van der Waals surface area contributed by atoms with Crippen molar-refractivity contribution in [1.82, 2.24) is 0 Å². The van der Waals surface area contributed by atoms with Gasteiger partial charge in [-0.1, -0.05) is 18.7 Å². The largest absolute Gasteiger partial charge is 0.454 e. The van der Waals surface area contributed by atoms with Crippen molar-refractivity contribution < 1.29 is 27.0 Å². The van der Waals surface area contributed by atoms with E-state index in [4.69, 9.17) is 9.47 Å². The van der Waals surface area contributed by atoms with Crippen molar-refractivity contribution in [2.45, 2.75) is 6.92 Å². The zero-order valence-corrected chi connectivity index (χ0v) is 13.1. The number of fused-ring (bicyclic) bond motifs is 1. The van der Waals surface area contributed by atoms with Crippen molar-refractivity contribution >= 4 is 11.8 Å². The summed E-state index contributed by atoms with van der Waals surface area (Å²) in [5.74, 6) is -4.73. The lowest BCUT2D eigenvalue weighted by molar-refractivity contribution is 0.174. The Morgan fingerprint density at radius 2 is 1.68 bits per heavy atom. The number of benzene rings is 2. The van der Waals surface area contributed by atoms with Crippen LogP contribution in [0.4, 0.5) is 23.2 Å². The van der Waals surface area contributed by atoms with Gasteiger partial charge in [0, 0.05) is 11.3 Å². The standard InChI is InChI=1S/C18H13F4NO2/c1-9(3-4-11-5-6-12-13(7-11)25-8-24-12)23-18-16(21)14(19)10(2)15(20)17(18)22/h3-7,23H,1,8H2,2H3/b4-3+. The van der Waals surface area contributed by atoms with Crippen LogP contribution in [0.25, 0.3) is 6.08 Å². The van der Waals surface area contributed by atoms with Crippen LogP contribution in [0.15, 0.2) is 36.6 Å². The summed E-state index contributed by atoms with van der Waals surface area (Å²) in [6.45, 7) is 4.66. The van der Waals surface area contributed by atoms with Crippen molar-refractivity contribution in [1.29, 1.82) is 0 Å². The van der Waals surface area contributed by atoms with Gasteiger partial charge in [-0.3, -0.25) is 0 Å². The van der Waals surface area contributed by atoms with Gasteiger partial charge in [-0.05, 0) is 30.7 Å². The van der Waals surface area contributed by atoms with Crippen LogP contribution in [0.5, 0.6) is 11.5 Å².